The highest BCUT2D eigenvalue weighted by atomic mass is 32.1. The second-order valence-corrected chi connectivity index (χ2v) is 8.24. The summed E-state index contributed by atoms with van der Waals surface area (Å²) in [6, 6.07) is 0.550. The van der Waals surface area contributed by atoms with E-state index in [-0.39, 0.29) is 5.41 Å². The Labute approximate surface area is 129 Å². The topological polar surface area (TPSA) is 24.9 Å². The number of nitrogens with one attached hydrogen (secondary N) is 1. The Morgan fingerprint density at radius 1 is 1.20 bits per heavy atom. The van der Waals surface area contributed by atoms with E-state index in [9.17, 15) is 0 Å². The van der Waals surface area contributed by atoms with Gasteiger partial charge in [-0.3, -0.25) is 0 Å². The first-order chi connectivity index (χ1) is 9.22. The molecule has 0 aliphatic heterocycles. The van der Waals surface area contributed by atoms with Gasteiger partial charge in [0.2, 0.25) is 0 Å². The summed E-state index contributed by atoms with van der Waals surface area (Å²) >= 11 is 1.83. The van der Waals surface area contributed by atoms with Crippen LogP contribution in [0.4, 0.5) is 0 Å². The van der Waals surface area contributed by atoms with E-state index in [0.717, 1.165) is 13.0 Å². The first kappa shape index (κ1) is 17.6. The number of hydrogen-bond acceptors (Lipinski definition) is 3. The van der Waals surface area contributed by atoms with Gasteiger partial charge in [-0.1, -0.05) is 48.5 Å². The highest BCUT2D eigenvalue weighted by Gasteiger charge is 2.28. The summed E-state index contributed by atoms with van der Waals surface area (Å²) in [5, 5.41) is 7.16. The van der Waals surface area contributed by atoms with Crippen LogP contribution in [0.1, 0.15) is 72.0 Å². The normalized spacial score (nSPS) is 13.2. The predicted molar refractivity (Wildman–Crippen MR) is 90.7 cm³/mol. The molecule has 1 aromatic rings. The van der Waals surface area contributed by atoms with Crippen molar-refractivity contribution in [1.82, 2.24) is 10.3 Å². The lowest BCUT2D eigenvalue weighted by molar-refractivity contribution is 0.239. The van der Waals surface area contributed by atoms with Crippen molar-refractivity contribution < 1.29 is 0 Å². The first-order valence-corrected chi connectivity index (χ1v) is 8.78. The monoisotopic (exact) mass is 296 g/mol. The Hall–Kier alpha value is -0.410. The highest BCUT2D eigenvalue weighted by molar-refractivity contribution is 7.09. The summed E-state index contributed by atoms with van der Waals surface area (Å²) in [5.41, 5.74) is 1.74. The van der Waals surface area contributed by atoms with Crippen molar-refractivity contribution in [3.05, 3.63) is 16.1 Å². The maximum atomic E-state index is 4.88. The minimum absolute atomic E-state index is 0.159. The van der Waals surface area contributed by atoms with Gasteiger partial charge in [-0.25, -0.2) is 4.98 Å². The van der Waals surface area contributed by atoms with Crippen LogP contribution in [-0.4, -0.2) is 17.6 Å². The zero-order valence-corrected chi connectivity index (χ0v) is 15.2. The molecule has 0 aliphatic carbocycles. The number of thiazole rings is 1. The summed E-state index contributed by atoms with van der Waals surface area (Å²) in [4.78, 5) is 4.88. The average molecular weight is 297 g/mol. The molecule has 0 radical (unpaired) electrons. The van der Waals surface area contributed by atoms with Crippen LogP contribution in [0.2, 0.25) is 0 Å². The van der Waals surface area contributed by atoms with Gasteiger partial charge < -0.3 is 5.32 Å². The summed E-state index contributed by atoms with van der Waals surface area (Å²) in [5.74, 6) is 0. The van der Waals surface area contributed by atoms with E-state index in [1.54, 1.807) is 0 Å². The van der Waals surface area contributed by atoms with Gasteiger partial charge in [0.05, 0.1) is 10.7 Å². The second kappa shape index (κ2) is 7.04. The Morgan fingerprint density at radius 2 is 1.80 bits per heavy atom. The fourth-order valence-corrected chi connectivity index (χ4v) is 3.48. The van der Waals surface area contributed by atoms with E-state index in [1.165, 1.54) is 23.5 Å². The highest BCUT2D eigenvalue weighted by Crippen LogP contribution is 2.33. The molecule has 0 saturated carbocycles. The molecule has 1 aromatic heterocycles. The van der Waals surface area contributed by atoms with Gasteiger partial charge in [0.15, 0.2) is 0 Å². The van der Waals surface area contributed by atoms with Crippen molar-refractivity contribution in [2.24, 2.45) is 5.41 Å². The van der Waals surface area contributed by atoms with E-state index in [2.05, 4.69) is 59.2 Å². The summed E-state index contributed by atoms with van der Waals surface area (Å²) in [7, 11) is 0. The first-order valence-electron chi connectivity index (χ1n) is 7.90. The van der Waals surface area contributed by atoms with Gasteiger partial charge in [0.1, 0.15) is 0 Å². The Kier molecular flexibility index (Phi) is 6.21. The van der Waals surface area contributed by atoms with Crippen LogP contribution < -0.4 is 5.32 Å². The number of hydrogen-bond donors (Lipinski definition) is 1. The minimum Gasteiger partial charge on any atom is -0.314 e. The lowest BCUT2D eigenvalue weighted by Gasteiger charge is -2.32. The molecule has 0 amide bonds. The molecule has 1 N–H and O–H groups in total. The molecular formula is C17H32N2S. The molecule has 0 saturated heterocycles. The van der Waals surface area contributed by atoms with Crippen LogP contribution in [0.15, 0.2) is 5.38 Å². The smallest absolute Gasteiger partial charge is 0.0934 e. The van der Waals surface area contributed by atoms with Crippen molar-refractivity contribution in [3.63, 3.8) is 0 Å². The Bertz CT molecular complexity index is 397. The predicted octanol–water partition coefficient (Wildman–Crippen LogP) is 4.79. The van der Waals surface area contributed by atoms with Gasteiger partial charge in [-0.15, -0.1) is 11.3 Å². The fourth-order valence-electron chi connectivity index (χ4n) is 2.29. The molecule has 1 heterocycles. The van der Waals surface area contributed by atoms with Gasteiger partial charge >= 0.3 is 0 Å². The molecule has 1 rings (SSSR count). The molecule has 0 unspecified atom stereocenters. The number of nitrogens with zero attached hydrogens (tertiary/aromatic N) is 1. The zero-order chi connectivity index (χ0) is 15.4. The SMILES string of the molecule is CCC(CC)(CNC(C)C)Cc1nc(C(C)(C)C)cs1. The third-order valence-corrected chi connectivity index (χ3v) is 5.08. The molecule has 0 bridgehead atoms. The molecule has 0 aliphatic rings. The van der Waals surface area contributed by atoms with E-state index >= 15 is 0 Å². The van der Waals surface area contributed by atoms with Crippen LogP contribution in [-0.2, 0) is 11.8 Å². The maximum Gasteiger partial charge on any atom is 0.0934 e. The molecule has 0 fully saturated rings. The molecule has 20 heavy (non-hydrogen) atoms. The molecule has 0 spiro atoms. The number of aromatic nitrogens is 1. The van der Waals surface area contributed by atoms with Gasteiger partial charge in [0.25, 0.3) is 0 Å². The van der Waals surface area contributed by atoms with Crippen molar-refractivity contribution >= 4 is 11.3 Å². The number of rotatable bonds is 7. The Balaban J connectivity index is 2.82. The third-order valence-electron chi connectivity index (χ3n) is 4.23. The molecule has 116 valence electrons. The third kappa shape index (κ3) is 4.85. The van der Waals surface area contributed by atoms with E-state index in [4.69, 9.17) is 4.98 Å². The van der Waals surface area contributed by atoms with Crippen molar-refractivity contribution in [2.75, 3.05) is 6.54 Å². The van der Waals surface area contributed by atoms with Crippen LogP contribution in [0.3, 0.4) is 0 Å². The van der Waals surface area contributed by atoms with Crippen molar-refractivity contribution in [2.45, 2.75) is 79.2 Å². The second-order valence-electron chi connectivity index (χ2n) is 7.30. The van der Waals surface area contributed by atoms with Crippen LogP contribution in [0.25, 0.3) is 0 Å². The lowest BCUT2D eigenvalue weighted by Crippen LogP contribution is -2.38. The van der Waals surface area contributed by atoms with Crippen molar-refractivity contribution in [3.8, 4) is 0 Å². The van der Waals surface area contributed by atoms with E-state index in [0.29, 0.717) is 11.5 Å². The van der Waals surface area contributed by atoms with Crippen LogP contribution in [0.5, 0.6) is 0 Å². The fraction of sp³-hybridized carbons (Fsp3) is 0.824. The zero-order valence-electron chi connectivity index (χ0n) is 14.3. The minimum atomic E-state index is 0.159. The van der Waals surface area contributed by atoms with E-state index < -0.39 is 0 Å². The van der Waals surface area contributed by atoms with Crippen LogP contribution >= 0.6 is 11.3 Å². The summed E-state index contributed by atoms with van der Waals surface area (Å²) < 4.78 is 0. The molecule has 0 aromatic carbocycles. The molecule has 3 heteroatoms. The standard InChI is InChI=1S/C17H32N2S/c1-8-17(9-2,12-18-13(3)4)10-15-19-14(11-20-15)16(5,6)7/h11,13,18H,8-10,12H2,1-7H3. The Morgan fingerprint density at radius 3 is 2.20 bits per heavy atom. The lowest BCUT2D eigenvalue weighted by atomic mass is 9.79. The maximum absolute atomic E-state index is 4.88. The van der Waals surface area contributed by atoms with Crippen molar-refractivity contribution in [1.29, 1.82) is 0 Å². The van der Waals surface area contributed by atoms with Crippen LogP contribution in [0, 0.1) is 5.41 Å². The largest absolute Gasteiger partial charge is 0.314 e. The van der Waals surface area contributed by atoms with Gasteiger partial charge in [-0.05, 0) is 18.3 Å². The molecule has 0 atom stereocenters. The van der Waals surface area contributed by atoms with Gasteiger partial charge in [0, 0.05) is 29.8 Å². The summed E-state index contributed by atoms with van der Waals surface area (Å²) in [6.07, 6.45) is 3.50. The van der Waals surface area contributed by atoms with E-state index in [1.807, 2.05) is 11.3 Å². The van der Waals surface area contributed by atoms with Gasteiger partial charge in [-0.2, -0.15) is 0 Å². The summed E-state index contributed by atoms with van der Waals surface area (Å²) in [6.45, 7) is 16.8. The molecule has 2 nitrogen and oxygen atoms in total. The average Bonchev–Trinajstić information content (AvgIpc) is 2.82. The molecular weight excluding hydrogens is 264 g/mol. The quantitative estimate of drug-likeness (QED) is 0.782.